The molecule has 0 bridgehead atoms. The van der Waals surface area contributed by atoms with E-state index >= 15 is 0 Å². The van der Waals surface area contributed by atoms with Gasteiger partial charge in [0, 0.05) is 19.3 Å². The van der Waals surface area contributed by atoms with Crippen LogP contribution >= 0.6 is 23.5 Å². The van der Waals surface area contributed by atoms with Crippen LogP contribution in [0.5, 0.6) is 0 Å². The van der Waals surface area contributed by atoms with Crippen molar-refractivity contribution in [3.05, 3.63) is 29.8 Å². The van der Waals surface area contributed by atoms with Crippen molar-refractivity contribution in [3.63, 3.8) is 0 Å². The van der Waals surface area contributed by atoms with Gasteiger partial charge in [0.25, 0.3) is 5.91 Å². The lowest BCUT2D eigenvalue weighted by Crippen LogP contribution is -2.30. The van der Waals surface area contributed by atoms with Gasteiger partial charge in [0.15, 0.2) is 0 Å². The molecule has 1 aromatic rings. The fraction of sp³-hybridized carbons (Fsp3) is 0.300. The van der Waals surface area contributed by atoms with Crippen molar-refractivity contribution in [3.8, 4) is 0 Å². The van der Waals surface area contributed by atoms with E-state index in [4.69, 9.17) is 20.4 Å². The number of para-hydroxylation sites is 1. The molecule has 26 heavy (non-hydrogen) atoms. The number of likely N-dealkylation sites (N-methyl/N-ethyl adjacent to an activating group) is 1. The molecule has 1 amide bonds. The Morgan fingerprint density at radius 2 is 1.65 bits per heavy atom. The fourth-order valence-electron chi connectivity index (χ4n) is 1.60. The molecule has 1 aromatic carbocycles. The summed E-state index contributed by atoms with van der Waals surface area (Å²) in [6.07, 6.45) is 0. The second-order valence-corrected chi connectivity index (χ2v) is 9.16. The molecule has 0 fully saturated rings. The highest BCUT2D eigenvalue weighted by Gasteiger charge is 2.40. The standard InChI is InChI=1S/C10H17N2O11P3/c1-12(10(13)8-4-2-3-5-9(8)11)6-7-21-25(17,18)23-26(19,20)22-24(14,15)16/h2-5H,6-7,11H2,1H3,(H,17,18)(H,19,20)(H2,14,15,16). The number of hydrogen-bond donors (Lipinski definition) is 5. The molecular formula is C10H17N2O11P3. The molecule has 0 heterocycles. The molecule has 0 aliphatic carbocycles. The van der Waals surface area contributed by atoms with Crippen molar-refractivity contribution in [1.29, 1.82) is 0 Å². The Morgan fingerprint density at radius 3 is 2.19 bits per heavy atom. The van der Waals surface area contributed by atoms with Crippen LogP contribution < -0.4 is 5.73 Å². The lowest BCUT2D eigenvalue weighted by molar-refractivity contribution is 0.0758. The molecule has 0 saturated heterocycles. The smallest absolute Gasteiger partial charge is 0.398 e. The van der Waals surface area contributed by atoms with Gasteiger partial charge in [0.2, 0.25) is 0 Å². The summed E-state index contributed by atoms with van der Waals surface area (Å²) >= 11 is 0. The van der Waals surface area contributed by atoms with Gasteiger partial charge in [-0.25, -0.2) is 13.7 Å². The molecular weight excluding hydrogens is 417 g/mol. The second-order valence-electron chi connectivity index (χ2n) is 4.74. The first-order valence-corrected chi connectivity index (χ1v) is 11.1. The third kappa shape index (κ3) is 8.07. The predicted molar refractivity (Wildman–Crippen MR) is 87.6 cm³/mol. The highest BCUT2D eigenvalue weighted by atomic mass is 31.3. The largest absolute Gasteiger partial charge is 0.490 e. The molecule has 0 aliphatic heterocycles. The lowest BCUT2D eigenvalue weighted by atomic mass is 10.1. The van der Waals surface area contributed by atoms with E-state index in [0.29, 0.717) is 0 Å². The number of nitrogen functional groups attached to an aromatic ring is 1. The van der Waals surface area contributed by atoms with Gasteiger partial charge in [-0.15, -0.1) is 0 Å². The Kier molecular flexibility index (Phi) is 7.70. The van der Waals surface area contributed by atoms with E-state index in [-0.39, 0.29) is 17.8 Å². The number of nitrogens with zero attached hydrogens (tertiary/aromatic N) is 1. The Hall–Kier alpha value is -1.10. The van der Waals surface area contributed by atoms with Crippen LogP contribution in [-0.4, -0.2) is 50.6 Å². The first-order chi connectivity index (χ1) is 11.7. The summed E-state index contributed by atoms with van der Waals surface area (Å²) < 4.78 is 44.6. The maximum absolute atomic E-state index is 12.1. The van der Waals surface area contributed by atoms with E-state index in [1.807, 2.05) is 0 Å². The van der Waals surface area contributed by atoms with E-state index < -0.39 is 36.0 Å². The number of nitrogens with two attached hydrogens (primary N) is 1. The summed E-state index contributed by atoms with van der Waals surface area (Å²) in [6, 6.07) is 6.19. The number of phosphoric ester groups is 1. The molecule has 0 aromatic heterocycles. The molecule has 6 N–H and O–H groups in total. The zero-order chi connectivity index (χ0) is 20.2. The SMILES string of the molecule is CN(CCOP(=O)(O)OP(=O)(O)OP(=O)(O)O)C(=O)c1ccccc1N. The summed E-state index contributed by atoms with van der Waals surface area (Å²) in [5, 5.41) is 0. The van der Waals surface area contributed by atoms with Crippen molar-refractivity contribution >= 4 is 35.1 Å². The quantitative estimate of drug-likeness (QED) is 0.269. The van der Waals surface area contributed by atoms with Crippen LogP contribution in [0.1, 0.15) is 10.4 Å². The van der Waals surface area contributed by atoms with Gasteiger partial charge < -0.3 is 30.2 Å². The van der Waals surface area contributed by atoms with Crippen molar-refractivity contribution in [2.75, 3.05) is 25.9 Å². The van der Waals surface area contributed by atoms with E-state index in [9.17, 15) is 23.4 Å². The maximum Gasteiger partial charge on any atom is 0.490 e. The summed E-state index contributed by atoms with van der Waals surface area (Å²) in [7, 11) is -14.9. The Morgan fingerprint density at radius 1 is 1.08 bits per heavy atom. The molecule has 13 nitrogen and oxygen atoms in total. The lowest BCUT2D eigenvalue weighted by Gasteiger charge is -2.20. The van der Waals surface area contributed by atoms with Gasteiger partial charge in [-0.3, -0.25) is 9.32 Å². The van der Waals surface area contributed by atoms with Crippen LogP contribution in [0.3, 0.4) is 0 Å². The van der Waals surface area contributed by atoms with Gasteiger partial charge in [-0.05, 0) is 12.1 Å². The number of carbonyl (C=O) groups is 1. The van der Waals surface area contributed by atoms with Crippen molar-refractivity contribution < 1.29 is 51.2 Å². The average Bonchev–Trinajstić information content (AvgIpc) is 2.42. The Bertz CT molecular complexity index is 794. The molecule has 2 atom stereocenters. The number of anilines is 1. The van der Waals surface area contributed by atoms with Gasteiger partial charge in [0.05, 0.1) is 12.2 Å². The van der Waals surface area contributed by atoms with Gasteiger partial charge in [0.1, 0.15) is 0 Å². The average molecular weight is 434 g/mol. The zero-order valence-electron chi connectivity index (χ0n) is 13.2. The van der Waals surface area contributed by atoms with Gasteiger partial charge in [-0.2, -0.15) is 8.62 Å². The molecule has 2 unspecified atom stereocenters. The second kappa shape index (κ2) is 8.73. The molecule has 0 radical (unpaired) electrons. The number of carbonyl (C=O) groups excluding carboxylic acids is 1. The third-order valence-corrected chi connectivity index (χ3v) is 6.47. The van der Waals surface area contributed by atoms with Gasteiger partial charge >= 0.3 is 23.5 Å². The molecule has 0 spiro atoms. The molecule has 16 heteroatoms. The Labute approximate surface area is 147 Å². The highest BCUT2D eigenvalue weighted by Crippen LogP contribution is 2.66. The summed E-state index contributed by atoms with van der Waals surface area (Å²) in [6.45, 7) is -0.852. The predicted octanol–water partition coefficient (Wildman–Crippen LogP) is 0.684. The van der Waals surface area contributed by atoms with Crippen molar-refractivity contribution in [2.45, 2.75) is 0 Å². The fourth-order valence-corrected chi connectivity index (χ4v) is 4.60. The number of amides is 1. The minimum Gasteiger partial charge on any atom is -0.398 e. The number of phosphoric acid groups is 3. The first-order valence-electron chi connectivity index (χ1n) is 6.61. The Balaban J connectivity index is 2.59. The molecule has 0 saturated carbocycles. The van der Waals surface area contributed by atoms with Crippen LogP contribution in [0.2, 0.25) is 0 Å². The number of rotatable bonds is 9. The minimum atomic E-state index is -5.57. The van der Waals surface area contributed by atoms with Crippen LogP contribution in [0.4, 0.5) is 5.69 Å². The summed E-state index contributed by atoms with van der Waals surface area (Å²) in [4.78, 5) is 48.3. The molecule has 148 valence electrons. The first kappa shape index (κ1) is 22.9. The van der Waals surface area contributed by atoms with E-state index in [0.717, 1.165) is 4.90 Å². The highest BCUT2D eigenvalue weighted by molar-refractivity contribution is 7.66. The summed E-state index contributed by atoms with van der Waals surface area (Å²) in [5.74, 6) is -0.516. The van der Waals surface area contributed by atoms with E-state index in [2.05, 4.69) is 13.1 Å². The van der Waals surface area contributed by atoms with Crippen LogP contribution in [0.15, 0.2) is 24.3 Å². The third-order valence-electron chi connectivity index (χ3n) is 2.63. The summed E-state index contributed by atoms with van der Waals surface area (Å²) in [5.41, 5.74) is 6.07. The van der Waals surface area contributed by atoms with Crippen LogP contribution in [-0.2, 0) is 26.8 Å². The topological polar surface area (TPSA) is 206 Å². The van der Waals surface area contributed by atoms with Gasteiger partial charge in [-0.1, -0.05) is 12.1 Å². The van der Waals surface area contributed by atoms with Crippen LogP contribution in [0.25, 0.3) is 0 Å². The monoisotopic (exact) mass is 434 g/mol. The number of benzene rings is 1. The minimum absolute atomic E-state index is 0.188. The maximum atomic E-state index is 12.1. The van der Waals surface area contributed by atoms with E-state index in [1.165, 1.54) is 19.2 Å². The van der Waals surface area contributed by atoms with Crippen molar-refractivity contribution in [1.82, 2.24) is 4.90 Å². The van der Waals surface area contributed by atoms with Crippen molar-refractivity contribution in [2.24, 2.45) is 0 Å². The van der Waals surface area contributed by atoms with E-state index in [1.54, 1.807) is 12.1 Å². The number of hydrogen-bond acceptors (Lipinski definition) is 8. The zero-order valence-corrected chi connectivity index (χ0v) is 15.9. The molecule has 0 aliphatic rings. The normalized spacial score (nSPS) is 16.5. The molecule has 1 rings (SSSR count). The van der Waals surface area contributed by atoms with Crippen LogP contribution in [0, 0.1) is 0 Å².